The molecule has 1 aliphatic carbocycles. The molecule has 0 aromatic carbocycles. The van der Waals surface area contributed by atoms with Crippen molar-refractivity contribution in [2.24, 2.45) is 0 Å². The molecule has 0 atom stereocenters. The standard InChI is InChI=1S/C9H12N2O2.C5H10O2/c1-7-3-5-8(10-2)9(6-4-7)11(12)13;1-3-4-5(6)7-2/h3-5,10H,6H2,1-2H3;3-4H2,1-2H3. The summed E-state index contributed by atoms with van der Waals surface area (Å²) < 4.78 is 4.35. The highest BCUT2D eigenvalue weighted by Crippen LogP contribution is 2.15. The van der Waals surface area contributed by atoms with E-state index in [0.717, 1.165) is 12.0 Å². The zero-order valence-corrected chi connectivity index (χ0v) is 12.4. The monoisotopic (exact) mass is 282 g/mol. The topological polar surface area (TPSA) is 81.5 Å². The molecule has 0 aromatic rings. The van der Waals surface area contributed by atoms with Crippen LogP contribution >= 0.6 is 0 Å². The number of ether oxygens (including phenoxy) is 1. The minimum Gasteiger partial charge on any atom is -0.469 e. The SMILES string of the molecule is CCCC(=O)OC.CNC1=C([N+](=O)[O-])CC=C(C)C=C1. The van der Waals surface area contributed by atoms with Gasteiger partial charge in [0.25, 0.3) is 5.70 Å². The molecule has 1 rings (SSSR count). The molecule has 112 valence electrons. The van der Waals surface area contributed by atoms with Gasteiger partial charge in [0.15, 0.2) is 0 Å². The van der Waals surface area contributed by atoms with Crippen molar-refractivity contribution in [1.29, 1.82) is 0 Å². The van der Waals surface area contributed by atoms with E-state index in [0.29, 0.717) is 18.5 Å². The molecular weight excluding hydrogens is 260 g/mol. The van der Waals surface area contributed by atoms with Crippen LogP contribution in [0.2, 0.25) is 0 Å². The number of nitrogens with one attached hydrogen (secondary N) is 1. The maximum Gasteiger partial charge on any atom is 0.305 e. The Hall–Kier alpha value is -2.11. The van der Waals surface area contributed by atoms with Gasteiger partial charge in [-0.05, 0) is 19.4 Å². The summed E-state index contributed by atoms with van der Waals surface area (Å²) in [5.74, 6) is -0.123. The second kappa shape index (κ2) is 9.77. The molecule has 1 aliphatic rings. The van der Waals surface area contributed by atoms with Gasteiger partial charge < -0.3 is 10.1 Å². The van der Waals surface area contributed by atoms with Crippen LogP contribution in [0.25, 0.3) is 0 Å². The molecule has 6 nitrogen and oxygen atoms in total. The van der Waals surface area contributed by atoms with Crippen LogP contribution in [0, 0.1) is 10.1 Å². The molecule has 0 unspecified atom stereocenters. The first-order valence-electron chi connectivity index (χ1n) is 6.43. The molecule has 1 N–H and O–H groups in total. The van der Waals surface area contributed by atoms with Crippen LogP contribution < -0.4 is 5.32 Å². The number of nitro groups is 1. The van der Waals surface area contributed by atoms with Gasteiger partial charge >= 0.3 is 5.97 Å². The maximum absolute atomic E-state index is 10.6. The molecule has 0 bridgehead atoms. The number of rotatable bonds is 4. The third-order valence-electron chi connectivity index (χ3n) is 2.61. The minimum atomic E-state index is -0.342. The van der Waals surface area contributed by atoms with Crippen molar-refractivity contribution >= 4 is 5.97 Å². The quantitative estimate of drug-likeness (QED) is 0.487. The van der Waals surface area contributed by atoms with E-state index >= 15 is 0 Å². The normalized spacial score (nSPS) is 13.7. The first kappa shape index (κ1) is 17.9. The van der Waals surface area contributed by atoms with Crippen LogP contribution in [0.3, 0.4) is 0 Å². The lowest BCUT2D eigenvalue weighted by Gasteiger charge is -2.00. The smallest absolute Gasteiger partial charge is 0.305 e. The molecular formula is C14H22N2O4. The summed E-state index contributed by atoms with van der Waals surface area (Å²) in [4.78, 5) is 20.5. The number of likely N-dealkylation sites (N-methyl/N-ethyl adjacent to an activating group) is 1. The summed E-state index contributed by atoms with van der Waals surface area (Å²) in [6.45, 7) is 3.86. The Morgan fingerprint density at radius 2 is 2.15 bits per heavy atom. The van der Waals surface area contributed by atoms with Gasteiger partial charge in [-0.3, -0.25) is 14.9 Å². The summed E-state index contributed by atoms with van der Waals surface area (Å²) >= 11 is 0. The molecule has 0 amide bonds. The first-order chi connectivity index (χ1) is 9.46. The highest BCUT2D eigenvalue weighted by molar-refractivity contribution is 5.68. The number of carbonyl (C=O) groups excluding carboxylic acids is 1. The minimum absolute atomic E-state index is 0.123. The van der Waals surface area contributed by atoms with Gasteiger partial charge in [0, 0.05) is 13.5 Å². The Labute approximate surface area is 119 Å². The summed E-state index contributed by atoms with van der Waals surface area (Å²) in [6.07, 6.45) is 7.23. The average molecular weight is 282 g/mol. The Morgan fingerprint density at radius 3 is 2.55 bits per heavy atom. The van der Waals surface area contributed by atoms with E-state index < -0.39 is 0 Å². The molecule has 0 aliphatic heterocycles. The molecule has 0 fully saturated rings. The third kappa shape index (κ3) is 6.72. The fourth-order valence-corrected chi connectivity index (χ4v) is 1.45. The molecule has 0 spiro atoms. The second-order valence-electron chi connectivity index (χ2n) is 4.18. The number of hydrogen-bond donors (Lipinski definition) is 1. The second-order valence-corrected chi connectivity index (χ2v) is 4.18. The van der Waals surface area contributed by atoms with E-state index in [1.54, 1.807) is 13.1 Å². The van der Waals surface area contributed by atoms with E-state index in [1.807, 2.05) is 26.0 Å². The van der Waals surface area contributed by atoms with Crippen molar-refractivity contribution in [3.8, 4) is 0 Å². The summed E-state index contributed by atoms with van der Waals surface area (Å²) in [6, 6.07) is 0. The van der Waals surface area contributed by atoms with Crippen molar-refractivity contribution in [2.75, 3.05) is 14.2 Å². The first-order valence-corrected chi connectivity index (χ1v) is 6.43. The Balaban J connectivity index is 0.000000441. The Bertz CT molecular complexity index is 436. The molecule has 6 heteroatoms. The third-order valence-corrected chi connectivity index (χ3v) is 2.61. The van der Waals surface area contributed by atoms with Gasteiger partial charge in [0.1, 0.15) is 5.70 Å². The van der Waals surface area contributed by atoms with Crippen LogP contribution in [0.5, 0.6) is 0 Å². The van der Waals surface area contributed by atoms with E-state index in [9.17, 15) is 14.9 Å². The summed E-state index contributed by atoms with van der Waals surface area (Å²) in [5.41, 5.74) is 1.85. The number of methoxy groups -OCH3 is 1. The van der Waals surface area contributed by atoms with Crippen molar-refractivity contribution in [2.45, 2.75) is 33.1 Å². The van der Waals surface area contributed by atoms with Crippen molar-refractivity contribution in [3.63, 3.8) is 0 Å². The zero-order valence-electron chi connectivity index (χ0n) is 12.4. The Morgan fingerprint density at radius 1 is 1.50 bits per heavy atom. The number of hydrogen-bond acceptors (Lipinski definition) is 5. The number of carbonyl (C=O) groups is 1. The van der Waals surface area contributed by atoms with Crippen LogP contribution in [0.1, 0.15) is 33.1 Å². The predicted octanol–water partition coefficient (Wildman–Crippen LogP) is 2.56. The van der Waals surface area contributed by atoms with Gasteiger partial charge in [-0.25, -0.2) is 0 Å². The zero-order chi connectivity index (χ0) is 15.5. The van der Waals surface area contributed by atoms with Crippen LogP contribution in [0.4, 0.5) is 0 Å². The predicted molar refractivity (Wildman–Crippen MR) is 77.5 cm³/mol. The van der Waals surface area contributed by atoms with E-state index in [1.165, 1.54) is 7.11 Å². The lowest BCUT2D eigenvalue weighted by Crippen LogP contribution is -2.11. The van der Waals surface area contributed by atoms with Crippen molar-refractivity contribution < 1.29 is 14.5 Å². The van der Waals surface area contributed by atoms with Gasteiger partial charge in [0.05, 0.1) is 18.5 Å². The number of nitrogens with zero attached hydrogens (tertiary/aromatic N) is 1. The van der Waals surface area contributed by atoms with Gasteiger partial charge in [0.2, 0.25) is 0 Å². The van der Waals surface area contributed by atoms with Gasteiger partial charge in [-0.15, -0.1) is 0 Å². The molecule has 0 heterocycles. The van der Waals surface area contributed by atoms with E-state index in [2.05, 4.69) is 10.1 Å². The maximum atomic E-state index is 10.6. The van der Waals surface area contributed by atoms with Crippen LogP contribution in [-0.4, -0.2) is 25.1 Å². The summed E-state index contributed by atoms with van der Waals surface area (Å²) in [7, 11) is 3.09. The molecule has 20 heavy (non-hydrogen) atoms. The lowest BCUT2D eigenvalue weighted by molar-refractivity contribution is -0.427. The molecule has 0 aromatic heterocycles. The largest absolute Gasteiger partial charge is 0.469 e. The van der Waals surface area contributed by atoms with Gasteiger partial charge in [-0.1, -0.05) is 24.6 Å². The van der Waals surface area contributed by atoms with Crippen molar-refractivity contribution in [1.82, 2.24) is 5.32 Å². The molecule has 0 saturated heterocycles. The lowest BCUT2D eigenvalue weighted by atomic mass is 10.2. The van der Waals surface area contributed by atoms with Crippen LogP contribution in [0.15, 0.2) is 35.2 Å². The van der Waals surface area contributed by atoms with E-state index in [-0.39, 0.29) is 16.6 Å². The average Bonchev–Trinajstić information content (AvgIpc) is 2.61. The van der Waals surface area contributed by atoms with Crippen LogP contribution in [-0.2, 0) is 9.53 Å². The molecule has 0 radical (unpaired) electrons. The molecule has 0 saturated carbocycles. The summed E-state index contributed by atoms with van der Waals surface area (Å²) in [5, 5.41) is 13.4. The van der Waals surface area contributed by atoms with Crippen molar-refractivity contribution in [3.05, 3.63) is 45.3 Å². The van der Waals surface area contributed by atoms with Gasteiger partial charge in [-0.2, -0.15) is 0 Å². The Kier molecular flexibility index (Phi) is 8.74. The fourth-order valence-electron chi connectivity index (χ4n) is 1.45. The fraction of sp³-hybridized carbons (Fsp3) is 0.500. The highest BCUT2D eigenvalue weighted by Gasteiger charge is 2.15. The number of allylic oxidation sites excluding steroid dienone is 4. The number of esters is 1. The highest BCUT2D eigenvalue weighted by atomic mass is 16.6. The van der Waals surface area contributed by atoms with E-state index in [4.69, 9.17) is 0 Å².